The SMILES string of the molecule is CC(=O)N1CSC[C@@H]1C(=O)Nc1ccc2oc(C3CC3)nc2c1. The maximum Gasteiger partial charge on any atom is 0.248 e. The number of fused-ring (bicyclic) bond motifs is 1. The molecule has 2 aliphatic rings. The quantitative estimate of drug-likeness (QED) is 0.935. The fraction of sp³-hybridized carbons (Fsp3) is 0.438. The predicted octanol–water partition coefficient (Wildman–Crippen LogP) is 2.57. The molecular weight excluding hydrogens is 314 g/mol. The average molecular weight is 331 g/mol. The molecule has 7 heteroatoms. The van der Waals surface area contributed by atoms with Crippen LogP contribution < -0.4 is 5.32 Å². The summed E-state index contributed by atoms with van der Waals surface area (Å²) in [6.07, 6.45) is 2.27. The van der Waals surface area contributed by atoms with Crippen molar-refractivity contribution in [2.45, 2.75) is 31.7 Å². The number of carbonyl (C=O) groups is 2. The minimum Gasteiger partial charge on any atom is -0.440 e. The number of thioether (sulfide) groups is 1. The second-order valence-corrected chi connectivity index (χ2v) is 7.00. The Morgan fingerprint density at radius 2 is 2.22 bits per heavy atom. The fourth-order valence-electron chi connectivity index (χ4n) is 2.72. The summed E-state index contributed by atoms with van der Waals surface area (Å²) < 4.78 is 5.72. The van der Waals surface area contributed by atoms with Crippen LogP contribution in [0.3, 0.4) is 0 Å². The predicted molar refractivity (Wildman–Crippen MR) is 88.2 cm³/mol. The minimum absolute atomic E-state index is 0.0730. The van der Waals surface area contributed by atoms with Gasteiger partial charge in [-0.1, -0.05) is 0 Å². The highest BCUT2D eigenvalue weighted by molar-refractivity contribution is 7.99. The molecule has 1 aliphatic heterocycles. The molecule has 2 aromatic rings. The Morgan fingerprint density at radius 3 is 2.96 bits per heavy atom. The van der Waals surface area contributed by atoms with E-state index in [1.807, 2.05) is 18.2 Å². The first-order valence-electron chi connectivity index (χ1n) is 7.68. The van der Waals surface area contributed by atoms with Crippen molar-refractivity contribution in [2.24, 2.45) is 0 Å². The Hall–Kier alpha value is -2.02. The number of hydrogen-bond acceptors (Lipinski definition) is 5. The molecule has 1 N–H and O–H groups in total. The zero-order valence-electron chi connectivity index (χ0n) is 12.7. The molecule has 2 heterocycles. The van der Waals surface area contributed by atoms with Crippen molar-refractivity contribution in [1.82, 2.24) is 9.88 Å². The van der Waals surface area contributed by atoms with Crippen LogP contribution in [0.1, 0.15) is 31.6 Å². The van der Waals surface area contributed by atoms with Crippen LogP contribution in [-0.2, 0) is 9.59 Å². The van der Waals surface area contributed by atoms with E-state index < -0.39 is 6.04 Å². The largest absolute Gasteiger partial charge is 0.440 e. The number of aromatic nitrogens is 1. The van der Waals surface area contributed by atoms with Gasteiger partial charge in [0.25, 0.3) is 0 Å². The van der Waals surface area contributed by atoms with E-state index in [9.17, 15) is 9.59 Å². The van der Waals surface area contributed by atoms with Crippen LogP contribution in [0.25, 0.3) is 11.1 Å². The van der Waals surface area contributed by atoms with E-state index in [2.05, 4.69) is 10.3 Å². The molecule has 120 valence electrons. The van der Waals surface area contributed by atoms with E-state index in [0.717, 1.165) is 29.8 Å². The molecule has 0 radical (unpaired) electrons. The van der Waals surface area contributed by atoms with Crippen molar-refractivity contribution in [3.8, 4) is 0 Å². The lowest BCUT2D eigenvalue weighted by molar-refractivity contribution is -0.134. The summed E-state index contributed by atoms with van der Waals surface area (Å²) in [5, 5.41) is 2.89. The smallest absolute Gasteiger partial charge is 0.248 e. The van der Waals surface area contributed by atoms with Crippen LogP contribution in [0.5, 0.6) is 0 Å². The molecule has 4 rings (SSSR count). The van der Waals surface area contributed by atoms with Crippen LogP contribution >= 0.6 is 11.8 Å². The molecule has 2 amide bonds. The number of carbonyl (C=O) groups excluding carboxylic acids is 2. The lowest BCUT2D eigenvalue weighted by atomic mass is 10.2. The highest BCUT2D eigenvalue weighted by atomic mass is 32.2. The molecular formula is C16H17N3O3S. The van der Waals surface area contributed by atoms with E-state index in [1.54, 1.807) is 16.7 Å². The zero-order valence-corrected chi connectivity index (χ0v) is 13.6. The fourth-order valence-corrected chi connectivity index (χ4v) is 3.94. The summed E-state index contributed by atoms with van der Waals surface area (Å²) in [5.41, 5.74) is 2.18. The van der Waals surface area contributed by atoms with Gasteiger partial charge in [0.05, 0.1) is 5.88 Å². The van der Waals surface area contributed by atoms with Gasteiger partial charge >= 0.3 is 0 Å². The molecule has 1 saturated heterocycles. The van der Waals surface area contributed by atoms with Crippen molar-refractivity contribution in [2.75, 3.05) is 16.9 Å². The number of oxazole rings is 1. The first kappa shape index (κ1) is 14.6. The summed E-state index contributed by atoms with van der Waals surface area (Å²) in [5.74, 6) is 2.22. The van der Waals surface area contributed by atoms with Crippen molar-refractivity contribution < 1.29 is 14.0 Å². The first-order valence-corrected chi connectivity index (χ1v) is 8.83. The Kier molecular flexibility index (Phi) is 3.52. The van der Waals surface area contributed by atoms with Crippen LogP contribution in [0, 0.1) is 0 Å². The third-order valence-corrected chi connectivity index (χ3v) is 5.20. The number of anilines is 1. The van der Waals surface area contributed by atoms with Gasteiger partial charge in [-0.25, -0.2) is 4.98 Å². The van der Waals surface area contributed by atoms with Crippen molar-refractivity contribution in [1.29, 1.82) is 0 Å². The zero-order chi connectivity index (χ0) is 16.0. The Bertz CT molecular complexity index is 784. The number of nitrogens with one attached hydrogen (secondary N) is 1. The van der Waals surface area contributed by atoms with Gasteiger partial charge in [0.2, 0.25) is 11.8 Å². The van der Waals surface area contributed by atoms with E-state index in [4.69, 9.17) is 4.42 Å². The Balaban J connectivity index is 1.52. The summed E-state index contributed by atoms with van der Waals surface area (Å²) in [7, 11) is 0. The standard InChI is InChI=1S/C16H17N3O3S/c1-9(20)19-8-23-7-13(19)15(21)17-11-4-5-14-12(6-11)18-16(22-14)10-2-3-10/h4-6,10,13H,2-3,7-8H2,1H3,(H,17,21)/t13-/m1/s1. The van der Waals surface area contributed by atoms with Gasteiger partial charge in [-0.05, 0) is 31.0 Å². The summed E-state index contributed by atoms with van der Waals surface area (Å²) in [6.45, 7) is 1.49. The summed E-state index contributed by atoms with van der Waals surface area (Å²) in [6, 6.07) is 5.05. The molecule has 1 saturated carbocycles. The minimum atomic E-state index is -0.410. The van der Waals surface area contributed by atoms with Gasteiger partial charge in [-0.2, -0.15) is 0 Å². The first-order chi connectivity index (χ1) is 11.1. The van der Waals surface area contributed by atoms with Crippen molar-refractivity contribution in [3.63, 3.8) is 0 Å². The van der Waals surface area contributed by atoms with E-state index in [0.29, 0.717) is 23.2 Å². The number of hydrogen-bond donors (Lipinski definition) is 1. The molecule has 1 aliphatic carbocycles. The van der Waals surface area contributed by atoms with Gasteiger partial charge < -0.3 is 14.6 Å². The molecule has 1 aromatic carbocycles. The molecule has 2 fully saturated rings. The Labute approximate surface area is 137 Å². The molecule has 1 aromatic heterocycles. The summed E-state index contributed by atoms with van der Waals surface area (Å²) in [4.78, 5) is 30.1. The Morgan fingerprint density at radius 1 is 1.39 bits per heavy atom. The highest BCUT2D eigenvalue weighted by Gasteiger charge is 2.33. The number of benzene rings is 1. The van der Waals surface area contributed by atoms with Crippen molar-refractivity contribution in [3.05, 3.63) is 24.1 Å². The third kappa shape index (κ3) is 2.81. The van der Waals surface area contributed by atoms with E-state index >= 15 is 0 Å². The van der Waals surface area contributed by atoms with E-state index in [-0.39, 0.29) is 11.8 Å². The van der Waals surface area contributed by atoms with Gasteiger partial charge in [-0.3, -0.25) is 9.59 Å². The second kappa shape index (κ2) is 5.56. The van der Waals surface area contributed by atoms with Crippen molar-refractivity contribution >= 4 is 40.4 Å². The lowest BCUT2D eigenvalue weighted by Gasteiger charge is -2.21. The number of rotatable bonds is 3. The average Bonchev–Trinajstić information content (AvgIpc) is 3.10. The maximum atomic E-state index is 12.4. The van der Waals surface area contributed by atoms with Crippen LogP contribution in [0.15, 0.2) is 22.6 Å². The molecule has 23 heavy (non-hydrogen) atoms. The molecule has 0 spiro atoms. The van der Waals surface area contributed by atoms with Crippen LogP contribution in [0.2, 0.25) is 0 Å². The van der Waals surface area contributed by atoms with Gasteiger partial charge in [-0.15, -0.1) is 11.8 Å². The summed E-state index contributed by atoms with van der Waals surface area (Å²) >= 11 is 1.59. The highest BCUT2D eigenvalue weighted by Crippen LogP contribution is 2.40. The molecule has 1 atom stereocenters. The van der Waals surface area contributed by atoms with Gasteiger partial charge in [0, 0.05) is 24.3 Å². The molecule has 0 bridgehead atoms. The number of amides is 2. The maximum absolute atomic E-state index is 12.4. The number of nitrogens with zero attached hydrogens (tertiary/aromatic N) is 2. The van der Waals surface area contributed by atoms with Crippen LogP contribution in [0.4, 0.5) is 5.69 Å². The topological polar surface area (TPSA) is 75.4 Å². The van der Waals surface area contributed by atoms with Gasteiger partial charge in [0.1, 0.15) is 11.6 Å². The molecule has 0 unspecified atom stereocenters. The van der Waals surface area contributed by atoms with E-state index in [1.165, 1.54) is 6.92 Å². The van der Waals surface area contributed by atoms with Crippen LogP contribution in [-0.4, -0.2) is 39.4 Å². The molecule has 6 nitrogen and oxygen atoms in total. The van der Waals surface area contributed by atoms with Gasteiger partial charge in [0.15, 0.2) is 11.5 Å². The monoisotopic (exact) mass is 331 g/mol. The lowest BCUT2D eigenvalue weighted by Crippen LogP contribution is -2.43. The normalized spacial score (nSPS) is 20.9. The second-order valence-electron chi connectivity index (χ2n) is 6.00. The third-order valence-electron chi connectivity index (χ3n) is 4.19.